The Kier molecular flexibility index (Phi) is 5.90. The smallest absolute Gasteiger partial charge is 0.226 e. The van der Waals surface area contributed by atoms with Crippen LogP contribution in [-0.2, 0) is 9.53 Å². The second kappa shape index (κ2) is 7.68. The van der Waals surface area contributed by atoms with Crippen LogP contribution in [-0.4, -0.2) is 31.7 Å². The maximum Gasteiger partial charge on any atom is 0.226 e. The molecule has 2 N–H and O–H groups in total. The molecule has 2 rings (SSSR count). The van der Waals surface area contributed by atoms with Gasteiger partial charge in [0.15, 0.2) is 5.82 Å². The first-order chi connectivity index (χ1) is 10.1. The van der Waals surface area contributed by atoms with Crippen molar-refractivity contribution in [2.45, 2.75) is 25.4 Å². The van der Waals surface area contributed by atoms with E-state index >= 15 is 0 Å². The van der Waals surface area contributed by atoms with Gasteiger partial charge in [0.1, 0.15) is 5.82 Å². The Morgan fingerprint density at radius 3 is 2.76 bits per heavy atom. The Morgan fingerprint density at radius 1 is 1.38 bits per heavy atom. The lowest BCUT2D eigenvalue weighted by Gasteiger charge is -2.22. The molecule has 0 aliphatic carbocycles. The average molecular weight is 319 g/mol. The highest BCUT2D eigenvalue weighted by Crippen LogP contribution is 2.26. The van der Waals surface area contributed by atoms with Crippen molar-refractivity contribution in [2.24, 2.45) is 0 Å². The highest BCUT2D eigenvalue weighted by Gasteiger charge is 2.15. The first kappa shape index (κ1) is 16.1. The van der Waals surface area contributed by atoms with Crippen molar-refractivity contribution in [3.8, 4) is 0 Å². The van der Waals surface area contributed by atoms with E-state index in [1.54, 1.807) is 0 Å². The fourth-order valence-corrected chi connectivity index (χ4v) is 2.39. The lowest BCUT2D eigenvalue weighted by Crippen LogP contribution is -2.33. The molecule has 1 aliphatic heterocycles. The molecule has 4 nitrogen and oxygen atoms in total. The lowest BCUT2D eigenvalue weighted by molar-refractivity contribution is -0.117. The number of benzene rings is 1. The second-order valence-electron chi connectivity index (χ2n) is 4.86. The van der Waals surface area contributed by atoms with Crippen molar-refractivity contribution in [2.75, 3.05) is 25.0 Å². The average Bonchev–Trinajstić information content (AvgIpc) is 2.44. The van der Waals surface area contributed by atoms with Gasteiger partial charge < -0.3 is 15.4 Å². The minimum Gasteiger partial charge on any atom is -0.378 e. The number of carbonyl (C=O) groups is 1. The molecule has 21 heavy (non-hydrogen) atoms. The van der Waals surface area contributed by atoms with Crippen molar-refractivity contribution in [1.82, 2.24) is 5.32 Å². The van der Waals surface area contributed by atoms with Gasteiger partial charge in [-0.1, -0.05) is 11.6 Å². The van der Waals surface area contributed by atoms with E-state index in [1.165, 1.54) is 0 Å². The molecular formula is C14H17ClF2N2O2. The minimum atomic E-state index is -0.896. The Hall–Kier alpha value is -1.24. The van der Waals surface area contributed by atoms with Crippen LogP contribution in [0.3, 0.4) is 0 Å². The summed E-state index contributed by atoms with van der Waals surface area (Å²) in [6.07, 6.45) is 2.09. The topological polar surface area (TPSA) is 50.4 Å². The van der Waals surface area contributed by atoms with Crippen molar-refractivity contribution >= 4 is 23.2 Å². The van der Waals surface area contributed by atoms with E-state index in [9.17, 15) is 13.6 Å². The summed E-state index contributed by atoms with van der Waals surface area (Å²) in [6, 6.07) is 1.62. The van der Waals surface area contributed by atoms with Crippen molar-refractivity contribution in [3.05, 3.63) is 28.8 Å². The standard InChI is InChI=1S/C14H17ClF2N2O2/c15-11-7-9(16)8-12(17)14(11)19-13(20)3-6-21-10-1-4-18-5-2-10/h7-8,10,18H,1-6H2,(H,19,20). The van der Waals surface area contributed by atoms with Gasteiger partial charge in [0.2, 0.25) is 5.91 Å². The number of halogens is 3. The molecule has 0 radical (unpaired) electrons. The van der Waals surface area contributed by atoms with E-state index in [4.69, 9.17) is 16.3 Å². The predicted molar refractivity (Wildman–Crippen MR) is 76.5 cm³/mol. The summed E-state index contributed by atoms with van der Waals surface area (Å²) in [5.41, 5.74) is -0.204. The van der Waals surface area contributed by atoms with E-state index in [0.29, 0.717) is 6.07 Å². The summed E-state index contributed by atoms with van der Waals surface area (Å²) in [5.74, 6) is -2.10. The van der Waals surface area contributed by atoms with Crippen LogP contribution in [0.2, 0.25) is 5.02 Å². The number of nitrogens with one attached hydrogen (secondary N) is 2. The zero-order chi connectivity index (χ0) is 15.2. The number of amides is 1. The summed E-state index contributed by atoms with van der Waals surface area (Å²) in [5, 5.41) is 5.39. The third-order valence-corrected chi connectivity index (χ3v) is 3.54. The van der Waals surface area contributed by atoms with Gasteiger partial charge in [0.05, 0.1) is 29.8 Å². The molecule has 0 unspecified atom stereocenters. The monoisotopic (exact) mass is 318 g/mol. The van der Waals surface area contributed by atoms with E-state index in [1.807, 2.05) is 0 Å². The van der Waals surface area contributed by atoms with Gasteiger partial charge in [0.25, 0.3) is 0 Å². The zero-order valence-corrected chi connectivity index (χ0v) is 12.2. The van der Waals surface area contributed by atoms with Gasteiger partial charge in [0, 0.05) is 6.07 Å². The predicted octanol–water partition coefficient (Wildman–Crippen LogP) is 2.72. The Labute approximate surface area is 126 Å². The van der Waals surface area contributed by atoms with Crippen LogP contribution in [0.1, 0.15) is 19.3 Å². The number of ether oxygens (including phenoxy) is 1. The van der Waals surface area contributed by atoms with Gasteiger partial charge >= 0.3 is 0 Å². The molecule has 1 fully saturated rings. The molecule has 0 atom stereocenters. The number of hydrogen-bond acceptors (Lipinski definition) is 3. The van der Waals surface area contributed by atoms with Crippen molar-refractivity contribution in [3.63, 3.8) is 0 Å². The highest BCUT2D eigenvalue weighted by atomic mass is 35.5. The Balaban J connectivity index is 1.79. The number of rotatable bonds is 5. The van der Waals surface area contributed by atoms with E-state index in [-0.39, 0.29) is 29.8 Å². The van der Waals surface area contributed by atoms with E-state index in [2.05, 4.69) is 10.6 Å². The fraction of sp³-hybridized carbons (Fsp3) is 0.500. The van der Waals surface area contributed by atoms with Crippen LogP contribution < -0.4 is 10.6 Å². The van der Waals surface area contributed by atoms with Crippen LogP contribution in [0, 0.1) is 11.6 Å². The van der Waals surface area contributed by atoms with Gasteiger partial charge in [-0.25, -0.2) is 8.78 Å². The van der Waals surface area contributed by atoms with E-state index in [0.717, 1.165) is 32.0 Å². The molecule has 0 bridgehead atoms. The first-order valence-corrected chi connectivity index (χ1v) is 7.21. The first-order valence-electron chi connectivity index (χ1n) is 6.83. The Bertz CT molecular complexity index is 485. The summed E-state index contributed by atoms with van der Waals surface area (Å²) < 4.78 is 32.0. The molecule has 0 spiro atoms. The van der Waals surface area contributed by atoms with Crippen molar-refractivity contribution in [1.29, 1.82) is 0 Å². The number of anilines is 1. The zero-order valence-electron chi connectivity index (χ0n) is 11.4. The van der Waals surface area contributed by atoms with Gasteiger partial charge in [-0.15, -0.1) is 0 Å². The minimum absolute atomic E-state index is 0.0943. The normalized spacial score (nSPS) is 16.0. The van der Waals surface area contributed by atoms with Crippen LogP contribution >= 0.6 is 11.6 Å². The van der Waals surface area contributed by atoms with Crippen LogP contribution in [0.15, 0.2) is 12.1 Å². The van der Waals surface area contributed by atoms with Crippen LogP contribution in [0.4, 0.5) is 14.5 Å². The molecule has 1 amide bonds. The molecule has 1 aromatic rings. The van der Waals surface area contributed by atoms with Crippen LogP contribution in [0.25, 0.3) is 0 Å². The maximum absolute atomic E-state index is 13.5. The molecule has 1 heterocycles. The summed E-state index contributed by atoms with van der Waals surface area (Å²) in [7, 11) is 0. The highest BCUT2D eigenvalue weighted by molar-refractivity contribution is 6.33. The van der Waals surface area contributed by atoms with Crippen molar-refractivity contribution < 1.29 is 18.3 Å². The largest absolute Gasteiger partial charge is 0.378 e. The Morgan fingerprint density at radius 2 is 2.10 bits per heavy atom. The van der Waals surface area contributed by atoms with E-state index < -0.39 is 17.5 Å². The van der Waals surface area contributed by atoms with Gasteiger partial charge in [-0.05, 0) is 32.0 Å². The maximum atomic E-state index is 13.5. The van der Waals surface area contributed by atoms with Gasteiger partial charge in [-0.3, -0.25) is 4.79 Å². The molecule has 0 saturated carbocycles. The number of carbonyl (C=O) groups excluding carboxylic acids is 1. The number of hydrogen-bond donors (Lipinski definition) is 2. The molecule has 7 heteroatoms. The molecule has 1 aliphatic rings. The molecule has 0 aromatic heterocycles. The third kappa shape index (κ3) is 4.91. The van der Waals surface area contributed by atoms with Crippen LogP contribution in [0.5, 0.6) is 0 Å². The molecule has 1 saturated heterocycles. The second-order valence-corrected chi connectivity index (χ2v) is 5.27. The molecule has 1 aromatic carbocycles. The third-order valence-electron chi connectivity index (χ3n) is 3.24. The fourth-order valence-electron chi connectivity index (χ4n) is 2.14. The summed E-state index contributed by atoms with van der Waals surface area (Å²) in [4.78, 5) is 11.7. The molecular weight excluding hydrogens is 302 g/mol. The summed E-state index contributed by atoms with van der Waals surface area (Å²) >= 11 is 5.70. The SMILES string of the molecule is O=C(CCOC1CCNCC1)Nc1c(F)cc(F)cc1Cl. The quantitative estimate of drug-likeness (QED) is 0.877. The van der Waals surface area contributed by atoms with Gasteiger partial charge in [-0.2, -0.15) is 0 Å². The lowest BCUT2D eigenvalue weighted by atomic mass is 10.1. The summed E-state index contributed by atoms with van der Waals surface area (Å²) in [6.45, 7) is 2.08. The molecule has 116 valence electrons. The number of piperidine rings is 1.